The highest BCUT2D eigenvalue weighted by Gasteiger charge is 1.98. The van der Waals surface area contributed by atoms with Crippen LogP contribution in [0.3, 0.4) is 0 Å². The summed E-state index contributed by atoms with van der Waals surface area (Å²) in [5.74, 6) is -3.52. The van der Waals surface area contributed by atoms with Gasteiger partial charge in [0.25, 0.3) is 0 Å². The SMILES string of the molecule is N.O=C(O)c1ccccc1.O=C(O)c1ccccc1.O=C(O)c1ccccc1.O=C(O)c1ccccc1. The van der Waals surface area contributed by atoms with Crippen LogP contribution in [0.15, 0.2) is 121 Å². The van der Waals surface area contributed by atoms with Crippen LogP contribution in [0, 0.1) is 0 Å². The molecule has 0 aliphatic rings. The van der Waals surface area contributed by atoms with Gasteiger partial charge in [-0.05, 0) is 48.5 Å². The third-order valence-electron chi connectivity index (χ3n) is 4.08. The molecule has 0 unspecified atom stereocenters. The molecule has 0 saturated heterocycles. The van der Waals surface area contributed by atoms with Crippen molar-refractivity contribution in [2.45, 2.75) is 0 Å². The van der Waals surface area contributed by atoms with Gasteiger partial charge in [-0.1, -0.05) is 72.8 Å². The second kappa shape index (κ2) is 18.1. The van der Waals surface area contributed by atoms with E-state index in [1.807, 2.05) is 0 Å². The Bertz CT molecular complexity index is 1020. The van der Waals surface area contributed by atoms with Crippen molar-refractivity contribution in [2.24, 2.45) is 0 Å². The number of benzene rings is 4. The average Bonchev–Trinajstić information content (AvgIpc) is 2.92. The van der Waals surface area contributed by atoms with Gasteiger partial charge in [-0.15, -0.1) is 0 Å². The van der Waals surface area contributed by atoms with Gasteiger partial charge in [0.15, 0.2) is 0 Å². The molecule has 4 rings (SSSR count). The molecule has 0 aromatic heterocycles. The molecule has 0 amide bonds. The minimum Gasteiger partial charge on any atom is -0.478 e. The smallest absolute Gasteiger partial charge is 0.335 e. The summed E-state index contributed by atoms with van der Waals surface area (Å²) in [6, 6.07) is 33.2. The normalized spacial score (nSPS) is 8.65. The highest BCUT2D eigenvalue weighted by atomic mass is 16.4. The molecule has 0 atom stereocenters. The molecule has 9 nitrogen and oxygen atoms in total. The van der Waals surface area contributed by atoms with E-state index in [2.05, 4.69) is 0 Å². The highest BCUT2D eigenvalue weighted by molar-refractivity contribution is 5.88. The van der Waals surface area contributed by atoms with Crippen LogP contribution in [0.2, 0.25) is 0 Å². The number of hydrogen-bond acceptors (Lipinski definition) is 5. The Morgan fingerprint density at radius 1 is 0.324 bits per heavy atom. The lowest BCUT2D eigenvalue weighted by Crippen LogP contribution is -1.93. The lowest BCUT2D eigenvalue weighted by Gasteiger charge is -1.88. The second-order valence-corrected chi connectivity index (χ2v) is 6.68. The predicted molar refractivity (Wildman–Crippen MR) is 139 cm³/mol. The van der Waals surface area contributed by atoms with E-state index < -0.39 is 23.9 Å². The molecule has 0 bridgehead atoms. The van der Waals surface area contributed by atoms with Crippen molar-refractivity contribution in [3.8, 4) is 0 Å². The molecule has 37 heavy (non-hydrogen) atoms. The third-order valence-corrected chi connectivity index (χ3v) is 4.08. The van der Waals surface area contributed by atoms with Gasteiger partial charge in [0.1, 0.15) is 0 Å². The number of carboxylic acids is 4. The molecule has 0 aliphatic heterocycles. The molecule has 0 heterocycles. The Morgan fingerprint density at radius 3 is 0.541 bits per heavy atom. The van der Waals surface area contributed by atoms with Crippen LogP contribution in [-0.4, -0.2) is 44.3 Å². The predicted octanol–water partition coefficient (Wildman–Crippen LogP) is 5.70. The first-order chi connectivity index (χ1) is 17.2. The van der Waals surface area contributed by atoms with Crippen LogP contribution in [0.5, 0.6) is 0 Å². The van der Waals surface area contributed by atoms with Crippen molar-refractivity contribution in [3.05, 3.63) is 144 Å². The molecule has 0 aliphatic carbocycles. The second-order valence-electron chi connectivity index (χ2n) is 6.68. The molecule has 0 spiro atoms. The summed E-state index contributed by atoms with van der Waals surface area (Å²) >= 11 is 0. The summed E-state index contributed by atoms with van der Waals surface area (Å²) in [6.45, 7) is 0. The van der Waals surface area contributed by atoms with Crippen LogP contribution in [0.1, 0.15) is 41.4 Å². The molecule has 4 aromatic carbocycles. The maximum absolute atomic E-state index is 10.2. The molecular weight excluding hydrogens is 478 g/mol. The van der Waals surface area contributed by atoms with Crippen molar-refractivity contribution < 1.29 is 39.6 Å². The minimum atomic E-state index is -0.879. The van der Waals surface area contributed by atoms with Gasteiger partial charge in [-0.3, -0.25) is 0 Å². The first-order valence-electron chi connectivity index (χ1n) is 10.4. The highest BCUT2D eigenvalue weighted by Crippen LogP contribution is 1.98. The lowest BCUT2D eigenvalue weighted by atomic mass is 10.2. The third kappa shape index (κ3) is 13.9. The molecular formula is C28H27NO8. The van der Waals surface area contributed by atoms with Crippen molar-refractivity contribution >= 4 is 23.9 Å². The maximum Gasteiger partial charge on any atom is 0.335 e. The van der Waals surface area contributed by atoms with E-state index in [1.54, 1.807) is 121 Å². The van der Waals surface area contributed by atoms with Gasteiger partial charge >= 0.3 is 23.9 Å². The minimum absolute atomic E-state index is 0. The zero-order valence-electron chi connectivity index (χ0n) is 19.7. The monoisotopic (exact) mass is 505 g/mol. The Kier molecular flexibility index (Phi) is 15.5. The van der Waals surface area contributed by atoms with Crippen LogP contribution in [0.25, 0.3) is 0 Å². The molecule has 0 radical (unpaired) electrons. The standard InChI is InChI=1S/4C7H6O2.H3N/c4*8-7(9)6-4-2-1-3-5-6;/h4*1-5H,(H,8,9);1H3. The van der Waals surface area contributed by atoms with Crippen LogP contribution in [-0.2, 0) is 0 Å². The summed E-state index contributed by atoms with van der Waals surface area (Å²) < 4.78 is 0. The number of carbonyl (C=O) groups is 4. The van der Waals surface area contributed by atoms with E-state index in [4.69, 9.17) is 20.4 Å². The zero-order chi connectivity index (χ0) is 26.8. The zero-order valence-corrected chi connectivity index (χ0v) is 19.7. The molecule has 0 fully saturated rings. The van der Waals surface area contributed by atoms with E-state index in [0.29, 0.717) is 22.3 Å². The van der Waals surface area contributed by atoms with Crippen molar-refractivity contribution in [2.75, 3.05) is 0 Å². The number of aromatic carboxylic acids is 4. The Hall–Kier alpha value is -5.28. The van der Waals surface area contributed by atoms with Gasteiger partial charge in [-0.2, -0.15) is 0 Å². The Labute approximate surface area is 213 Å². The summed E-state index contributed by atoms with van der Waals surface area (Å²) in [5, 5.41) is 33.5. The topological polar surface area (TPSA) is 184 Å². The van der Waals surface area contributed by atoms with Crippen LogP contribution < -0.4 is 6.15 Å². The number of carboxylic acid groups (broad SMARTS) is 4. The summed E-state index contributed by atoms with van der Waals surface area (Å²) in [5.41, 5.74) is 1.32. The van der Waals surface area contributed by atoms with Gasteiger partial charge in [0, 0.05) is 0 Å². The summed E-state index contributed by atoms with van der Waals surface area (Å²) in [6.07, 6.45) is 0. The van der Waals surface area contributed by atoms with E-state index >= 15 is 0 Å². The first kappa shape index (κ1) is 31.7. The maximum atomic E-state index is 10.2. The Balaban J connectivity index is 0.000000463. The van der Waals surface area contributed by atoms with E-state index in [1.165, 1.54) is 0 Å². The van der Waals surface area contributed by atoms with E-state index in [-0.39, 0.29) is 6.15 Å². The Morgan fingerprint density at radius 2 is 0.459 bits per heavy atom. The first-order valence-corrected chi connectivity index (χ1v) is 10.4. The van der Waals surface area contributed by atoms with Crippen LogP contribution in [0.4, 0.5) is 0 Å². The molecule has 0 saturated carbocycles. The lowest BCUT2D eigenvalue weighted by molar-refractivity contribution is 0.0686. The largest absolute Gasteiger partial charge is 0.478 e. The summed E-state index contributed by atoms with van der Waals surface area (Å²) in [7, 11) is 0. The quantitative estimate of drug-likeness (QED) is 0.232. The van der Waals surface area contributed by atoms with Gasteiger partial charge in [0.05, 0.1) is 22.3 Å². The van der Waals surface area contributed by atoms with Crippen molar-refractivity contribution in [3.63, 3.8) is 0 Å². The van der Waals surface area contributed by atoms with Crippen LogP contribution >= 0.6 is 0 Å². The number of rotatable bonds is 4. The van der Waals surface area contributed by atoms with Gasteiger partial charge in [-0.25, -0.2) is 19.2 Å². The molecule has 4 aromatic rings. The average molecular weight is 506 g/mol. The fraction of sp³-hybridized carbons (Fsp3) is 0. The van der Waals surface area contributed by atoms with E-state index in [9.17, 15) is 19.2 Å². The molecule has 7 N–H and O–H groups in total. The number of hydrogen-bond donors (Lipinski definition) is 5. The van der Waals surface area contributed by atoms with Gasteiger partial charge in [0.2, 0.25) is 0 Å². The fourth-order valence-corrected chi connectivity index (χ4v) is 2.32. The van der Waals surface area contributed by atoms with E-state index in [0.717, 1.165) is 0 Å². The van der Waals surface area contributed by atoms with Crippen molar-refractivity contribution in [1.29, 1.82) is 0 Å². The summed E-state index contributed by atoms with van der Waals surface area (Å²) in [4.78, 5) is 40.8. The fourth-order valence-electron chi connectivity index (χ4n) is 2.32. The van der Waals surface area contributed by atoms with Crippen molar-refractivity contribution in [1.82, 2.24) is 6.15 Å². The molecule has 192 valence electrons. The molecule has 9 heteroatoms. The van der Waals surface area contributed by atoms with Gasteiger partial charge < -0.3 is 26.6 Å².